The molecule has 2 aliphatic heterocycles. The molecule has 0 radical (unpaired) electrons. The molecular formula is C18H24Cl3N3O2. The van der Waals surface area contributed by atoms with E-state index in [1.807, 2.05) is 0 Å². The van der Waals surface area contributed by atoms with Gasteiger partial charge in [-0.25, -0.2) is 0 Å². The lowest BCUT2D eigenvalue weighted by Gasteiger charge is -2.35. The number of nitrogens with zero attached hydrogens (tertiary/aromatic N) is 1. The van der Waals surface area contributed by atoms with E-state index in [-0.39, 0.29) is 30.3 Å². The van der Waals surface area contributed by atoms with Gasteiger partial charge in [-0.3, -0.25) is 9.59 Å². The molecule has 1 aromatic carbocycles. The lowest BCUT2D eigenvalue weighted by atomic mass is 9.99. The van der Waals surface area contributed by atoms with E-state index < -0.39 is 6.04 Å². The lowest BCUT2D eigenvalue weighted by Crippen LogP contribution is -2.51. The molecule has 2 saturated heterocycles. The summed E-state index contributed by atoms with van der Waals surface area (Å²) in [7, 11) is 0. The van der Waals surface area contributed by atoms with Gasteiger partial charge in [0.2, 0.25) is 11.8 Å². The molecule has 0 saturated carbocycles. The largest absolute Gasteiger partial charge is 0.331 e. The Bertz CT molecular complexity index is 651. The fourth-order valence-corrected chi connectivity index (χ4v) is 4.02. The maximum absolute atomic E-state index is 12.7. The van der Waals surface area contributed by atoms with E-state index in [1.165, 1.54) is 0 Å². The number of hydrogen-bond acceptors (Lipinski definition) is 3. The highest BCUT2D eigenvalue weighted by atomic mass is 35.5. The molecule has 1 aromatic rings. The molecule has 26 heavy (non-hydrogen) atoms. The van der Waals surface area contributed by atoms with Gasteiger partial charge in [0.05, 0.1) is 10.7 Å². The molecule has 2 atom stereocenters. The first-order valence-electron chi connectivity index (χ1n) is 8.83. The van der Waals surface area contributed by atoms with E-state index in [9.17, 15) is 9.59 Å². The van der Waals surface area contributed by atoms with E-state index >= 15 is 0 Å². The predicted octanol–water partition coefficient (Wildman–Crippen LogP) is 3.88. The first-order valence-corrected chi connectivity index (χ1v) is 9.59. The Labute approximate surface area is 170 Å². The molecule has 0 bridgehead atoms. The van der Waals surface area contributed by atoms with Gasteiger partial charge < -0.3 is 15.5 Å². The average Bonchev–Trinajstić information content (AvgIpc) is 3.10. The second-order valence-corrected chi connectivity index (χ2v) is 7.55. The number of carbonyl (C=O) groups excluding carboxylic acids is 2. The Hall–Kier alpha value is -1.01. The summed E-state index contributed by atoms with van der Waals surface area (Å²) in [6.07, 6.45) is 5.16. The van der Waals surface area contributed by atoms with Crippen LogP contribution in [0.4, 0.5) is 5.69 Å². The molecular weight excluding hydrogens is 397 g/mol. The lowest BCUT2D eigenvalue weighted by molar-refractivity contribution is -0.140. The number of likely N-dealkylation sites (tertiary alicyclic amines) is 1. The Morgan fingerprint density at radius 2 is 2.00 bits per heavy atom. The number of halogens is 3. The second-order valence-electron chi connectivity index (χ2n) is 6.71. The summed E-state index contributed by atoms with van der Waals surface area (Å²) in [4.78, 5) is 27.2. The van der Waals surface area contributed by atoms with Crippen molar-refractivity contribution in [3.8, 4) is 0 Å². The standard InChI is InChI=1S/C18H23Cl2N3O2.ClH/c19-12-6-7-15(14(20)10-12)22-18(25)16-5-1-2-9-23(16)17(24)11-13-4-3-8-21-13;/h6-7,10,13,16,21H,1-5,8-9,11H2,(H,22,25);1H. The van der Waals surface area contributed by atoms with Gasteiger partial charge in [0.1, 0.15) is 6.04 Å². The van der Waals surface area contributed by atoms with E-state index in [0.29, 0.717) is 35.1 Å². The maximum Gasteiger partial charge on any atom is 0.247 e. The first kappa shape index (κ1) is 21.3. The second kappa shape index (κ2) is 9.79. The number of amides is 2. The van der Waals surface area contributed by atoms with Crippen LogP contribution in [-0.2, 0) is 9.59 Å². The number of rotatable bonds is 4. The molecule has 2 N–H and O–H groups in total. The van der Waals surface area contributed by atoms with Gasteiger partial charge in [0.25, 0.3) is 0 Å². The molecule has 8 heteroatoms. The monoisotopic (exact) mass is 419 g/mol. The minimum absolute atomic E-state index is 0. The average molecular weight is 421 g/mol. The predicted molar refractivity (Wildman–Crippen MR) is 107 cm³/mol. The minimum atomic E-state index is -0.436. The van der Waals surface area contributed by atoms with Crippen LogP contribution in [0.2, 0.25) is 10.0 Å². The van der Waals surface area contributed by atoms with E-state index in [0.717, 1.165) is 32.2 Å². The summed E-state index contributed by atoms with van der Waals surface area (Å²) in [6, 6.07) is 4.76. The molecule has 144 valence electrons. The van der Waals surface area contributed by atoms with E-state index in [1.54, 1.807) is 23.1 Å². The van der Waals surface area contributed by atoms with Crippen LogP contribution in [0.25, 0.3) is 0 Å². The van der Waals surface area contributed by atoms with Crippen molar-refractivity contribution in [2.24, 2.45) is 0 Å². The molecule has 2 unspecified atom stereocenters. The first-order chi connectivity index (χ1) is 12.0. The normalized spacial score (nSPS) is 22.6. The Morgan fingerprint density at radius 3 is 2.69 bits per heavy atom. The third-order valence-electron chi connectivity index (χ3n) is 4.90. The summed E-state index contributed by atoms with van der Waals surface area (Å²) < 4.78 is 0. The smallest absolute Gasteiger partial charge is 0.247 e. The number of carbonyl (C=O) groups is 2. The molecule has 0 aliphatic carbocycles. The number of benzene rings is 1. The fraction of sp³-hybridized carbons (Fsp3) is 0.556. The van der Waals surface area contributed by atoms with Crippen molar-refractivity contribution in [3.63, 3.8) is 0 Å². The highest BCUT2D eigenvalue weighted by Gasteiger charge is 2.33. The molecule has 2 heterocycles. The van der Waals surface area contributed by atoms with E-state index in [4.69, 9.17) is 23.2 Å². The zero-order valence-electron chi connectivity index (χ0n) is 14.5. The van der Waals surface area contributed by atoms with Crippen LogP contribution in [0.3, 0.4) is 0 Å². The van der Waals surface area contributed by atoms with Crippen LogP contribution in [0.5, 0.6) is 0 Å². The summed E-state index contributed by atoms with van der Waals surface area (Å²) in [6.45, 7) is 1.61. The maximum atomic E-state index is 12.7. The van der Waals surface area contributed by atoms with Crippen molar-refractivity contribution in [2.45, 2.75) is 50.6 Å². The number of anilines is 1. The van der Waals surface area contributed by atoms with Crippen molar-refractivity contribution in [3.05, 3.63) is 28.2 Å². The summed E-state index contributed by atoms with van der Waals surface area (Å²) in [5.74, 6) is -0.127. The highest BCUT2D eigenvalue weighted by Crippen LogP contribution is 2.27. The van der Waals surface area contributed by atoms with Crippen LogP contribution in [-0.4, -0.2) is 41.9 Å². The van der Waals surface area contributed by atoms with Crippen LogP contribution >= 0.6 is 35.6 Å². The highest BCUT2D eigenvalue weighted by molar-refractivity contribution is 6.36. The van der Waals surface area contributed by atoms with E-state index in [2.05, 4.69) is 10.6 Å². The molecule has 3 rings (SSSR count). The third kappa shape index (κ3) is 5.26. The zero-order chi connectivity index (χ0) is 17.8. The van der Waals surface area contributed by atoms with Crippen LogP contribution < -0.4 is 10.6 Å². The number of hydrogen-bond donors (Lipinski definition) is 2. The van der Waals surface area contributed by atoms with Crippen molar-refractivity contribution in [1.29, 1.82) is 0 Å². The van der Waals surface area contributed by atoms with Crippen LogP contribution in [0.15, 0.2) is 18.2 Å². The zero-order valence-corrected chi connectivity index (χ0v) is 16.8. The van der Waals surface area contributed by atoms with Gasteiger partial charge in [-0.15, -0.1) is 12.4 Å². The summed E-state index contributed by atoms with van der Waals surface area (Å²) >= 11 is 12.0. The van der Waals surface area contributed by atoms with Gasteiger partial charge >= 0.3 is 0 Å². The van der Waals surface area contributed by atoms with Crippen molar-refractivity contribution in [2.75, 3.05) is 18.4 Å². The van der Waals surface area contributed by atoms with Crippen molar-refractivity contribution < 1.29 is 9.59 Å². The third-order valence-corrected chi connectivity index (χ3v) is 5.45. The van der Waals surface area contributed by atoms with Crippen LogP contribution in [0.1, 0.15) is 38.5 Å². The van der Waals surface area contributed by atoms with Crippen molar-refractivity contribution >= 4 is 53.1 Å². The van der Waals surface area contributed by atoms with Crippen molar-refractivity contribution in [1.82, 2.24) is 10.2 Å². The van der Waals surface area contributed by atoms with Gasteiger partial charge in [-0.2, -0.15) is 0 Å². The van der Waals surface area contributed by atoms with Gasteiger partial charge in [-0.1, -0.05) is 23.2 Å². The Balaban J connectivity index is 0.00000243. The minimum Gasteiger partial charge on any atom is -0.331 e. The number of nitrogens with one attached hydrogen (secondary N) is 2. The summed E-state index contributed by atoms with van der Waals surface area (Å²) in [5, 5.41) is 7.10. The van der Waals surface area contributed by atoms with Gasteiger partial charge in [0.15, 0.2) is 0 Å². The molecule has 0 spiro atoms. The molecule has 5 nitrogen and oxygen atoms in total. The molecule has 2 amide bonds. The summed E-state index contributed by atoms with van der Waals surface area (Å²) in [5.41, 5.74) is 0.520. The van der Waals surface area contributed by atoms with Gasteiger partial charge in [-0.05, 0) is 56.8 Å². The Morgan fingerprint density at radius 1 is 1.19 bits per heavy atom. The topological polar surface area (TPSA) is 61.4 Å². The van der Waals surface area contributed by atoms with Gasteiger partial charge in [0, 0.05) is 24.0 Å². The molecule has 0 aromatic heterocycles. The van der Waals surface area contributed by atoms with Crippen LogP contribution in [0, 0.1) is 0 Å². The SMILES string of the molecule is Cl.O=C(Nc1ccc(Cl)cc1Cl)C1CCCCN1C(=O)CC1CCCN1. The Kier molecular flexibility index (Phi) is 8.02. The number of piperidine rings is 1. The fourth-order valence-electron chi connectivity index (χ4n) is 3.57. The molecule has 2 fully saturated rings. The quantitative estimate of drug-likeness (QED) is 0.777. The molecule has 2 aliphatic rings.